The number of anilines is 1. The van der Waals surface area contributed by atoms with Gasteiger partial charge in [-0.2, -0.15) is 13.8 Å². The molecule has 12 heteroatoms. The van der Waals surface area contributed by atoms with Gasteiger partial charge in [0.1, 0.15) is 0 Å². The Morgan fingerprint density at radius 1 is 1.34 bits per heavy atom. The van der Waals surface area contributed by atoms with Crippen LogP contribution in [-0.4, -0.2) is 68.6 Å². The lowest BCUT2D eigenvalue weighted by Crippen LogP contribution is -2.55. The summed E-state index contributed by atoms with van der Waals surface area (Å²) in [6.07, 6.45) is -5.31. The maximum Gasteiger partial charge on any atom is 0.424 e. The first-order chi connectivity index (χ1) is 15.2. The van der Waals surface area contributed by atoms with Crippen molar-refractivity contribution in [2.75, 3.05) is 18.0 Å². The van der Waals surface area contributed by atoms with Crippen LogP contribution in [0.3, 0.4) is 0 Å². The minimum absolute atomic E-state index is 0.0823. The van der Waals surface area contributed by atoms with Crippen LogP contribution in [0.2, 0.25) is 0 Å². The molecule has 2 aliphatic heterocycles. The number of nitrogens with zero attached hydrogens (tertiary/aromatic N) is 4. The van der Waals surface area contributed by atoms with Gasteiger partial charge in [-0.05, 0) is 31.9 Å². The van der Waals surface area contributed by atoms with Crippen LogP contribution < -0.4 is 9.64 Å². The van der Waals surface area contributed by atoms with Crippen LogP contribution in [0.4, 0.5) is 19.6 Å². The molecule has 0 radical (unpaired) electrons. The van der Waals surface area contributed by atoms with E-state index in [1.54, 1.807) is 17.0 Å². The van der Waals surface area contributed by atoms with E-state index in [-0.39, 0.29) is 34.9 Å². The molecule has 2 aromatic heterocycles. The lowest BCUT2D eigenvalue weighted by molar-refractivity contribution is -0.233. The third kappa shape index (κ3) is 3.43. The van der Waals surface area contributed by atoms with Crippen molar-refractivity contribution in [3.63, 3.8) is 0 Å². The van der Waals surface area contributed by atoms with Crippen LogP contribution in [-0.2, 0) is 0 Å². The second-order valence-corrected chi connectivity index (χ2v) is 8.70. The highest BCUT2D eigenvalue weighted by Crippen LogP contribution is 2.40. The Morgan fingerprint density at radius 3 is 2.66 bits per heavy atom. The maximum atomic E-state index is 14.1. The van der Waals surface area contributed by atoms with E-state index in [0.717, 1.165) is 19.8 Å². The van der Waals surface area contributed by atoms with Gasteiger partial charge in [0.2, 0.25) is 0 Å². The molecule has 2 fully saturated rings. The van der Waals surface area contributed by atoms with Crippen molar-refractivity contribution < 1.29 is 32.9 Å². The monoisotopic (exact) mass is 466 g/mol. The second kappa shape index (κ2) is 7.55. The van der Waals surface area contributed by atoms with Gasteiger partial charge >= 0.3 is 12.2 Å². The summed E-state index contributed by atoms with van der Waals surface area (Å²) in [5.74, 6) is -0.230. The van der Waals surface area contributed by atoms with Crippen LogP contribution in [0.5, 0.6) is 5.75 Å². The summed E-state index contributed by atoms with van der Waals surface area (Å²) in [6.45, 7) is 1.72. The summed E-state index contributed by atoms with van der Waals surface area (Å²) < 4.78 is 39.1. The smallest absolute Gasteiger partial charge is 0.424 e. The lowest BCUT2D eigenvalue weighted by atomic mass is 10.1. The normalized spacial score (nSPS) is 21.9. The molecule has 3 atom stereocenters. The number of thiazole rings is 1. The Bertz CT molecular complexity index is 1140. The van der Waals surface area contributed by atoms with E-state index in [1.165, 1.54) is 22.3 Å². The Kier molecular flexibility index (Phi) is 4.93. The molecule has 2 saturated heterocycles. The highest BCUT2D eigenvalue weighted by atomic mass is 32.1. The third-order valence-electron chi connectivity index (χ3n) is 5.91. The largest absolute Gasteiger partial charge is 0.465 e. The van der Waals surface area contributed by atoms with Gasteiger partial charge in [-0.3, -0.25) is 4.90 Å². The SMILES string of the molecule is CC(O)C(F)(F)Oc1ccc(-c2cscn2)c2oc(N3CC4CCC(C3)N4C(=O)O)nc12. The molecule has 5 rings (SSSR count). The minimum atomic E-state index is -3.82. The number of aliphatic hydroxyl groups is 1. The molecule has 0 spiro atoms. The topological polar surface area (TPSA) is 112 Å². The molecule has 0 aliphatic carbocycles. The summed E-state index contributed by atoms with van der Waals surface area (Å²) in [7, 11) is 0. The standard InChI is InChI=1S/C20H20F2N4O5S/c1-10(27)20(21,22)31-15-5-4-13(14-8-32-9-23-14)17-16(15)24-18(30-17)25-6-11-2-3-12(7-25)26(11)19(28)29/h4-5,8-12,27H,2-3,6-7H2,1H3,(H,28,29). The van der Waals surface area contributed by atoms with Crippen LogP contribution in [0, 0.1) is 0 Å². The molecular weight excluding hydrogens is 446 g/mol. The van der Waals surface area contributed by atoms with Gasteiger partial charge in [0.25, 0.3) is 6.01 Å². The summed E-state index contributed by atoms with van der Waals surface area (Å²) in [5.41, 5.74) is 3.14. The molecule has 2 bridgehead atoms. The Labute approximate surface area is 184 Å². The second-order valence-electron chi connectivity index (χ2n) is 7.98. The van der Waals surface area contributed by atoms with Crippen molar-refractivity contribution in [3.8, 4) is 17.0 Å². The van der Waals surface area contributed by atoms with Gasteiger partial charge < -0.3 is 24.3 Å². The Balaban J connectivity index is 1.56. The highest BCUT2D eigenvalue weighted by molar-refractivity contribution is 7.07. The van der Waals surface area contributed by atoms with E-state index in [4.69, 9.17) is 9.15 Å². The Hall–Kier alpha value is -2.99. The van der Waals surface area contributed by atoms with Gasteiger partial charge in [0.05, 0.1) is 23.3 Å². The zero-order valence-corrected chi connectivity index (χ0v) is 17.8. The van der Waals surface area contributed by atoms with Crippen LogP contribution in [0.1, 0.15) is 19.8 Å². The number of aromatic nitrogens is 2. The number of hydrogen-bond acceptors (Lipinski definition) is 8. The number of rotatable bonds is 5. The number of piperazine rings is 1. The first-order valence-corrected chi connectivity index (χ1v) is 11.0. The zero-order chi connectivity index (χ0) is 22.6. The predicted molar refractivity (Wildman–Crippen MR) is 111 cm³/mol. The van der Waals surface area contributed by atoms with Gasteiger partial charge in [-0.25, -0.2) is 9.78 Å². The fourth-order valence-electron chi connectivity index (χ4n) is 4.34. The molecule has 1 aromatic carbocycles. The molecule has 3 aromatic rings. The molecule has 2 aliphatic rings. The zero-order valence-electron chi connectivity index (χ0n) is 16.9. The molecule has 4 heterocycles. The molecule has 1 amide bonds. The number of benzene rings is 1. The molecule has 9 nitrogen and oxygen atoms in total. The number of halogens is 2. The molecule has 32 heavy (non-hydrogen) atoms. The number of aliphatic hydroxyl groups excluding tert-OH is 1. The van der Waals surface area contributed by atoms with Crippen LogP contribution >= 0.6 is 11.3 Å². The van der Waals surface area contributed by atoms with Gasteiger partial charge in [0.15, 0.2) is 23.0 Å². The molecular formula is C20H20F2N4O5S. The fourth-order valence-corrected chi connectivity index (χ4v) is 4.89. The maximum absolute atomic E-state index is 14.1. The van der Waals surface area contributed by atoms with E-state index >= 15 is 0 Å². The number of hydrogen-bond donors (Lipinski definition) is 2. The number of fused-ring (bicyclic) bond motifs is 3. The van der Waals surface area contributed by atoms with E-state index in [2.05, 4.69) is 9.97 Å². The number of amides is 1. The summed E-state index contributed by atoms with van der Waals surface area (Å²) in [6, 6.07) is 2.75. The van der Waals surface area contributed by atoms with Crippen molar-refractivity contribution in [2.24, 2.45) is 0 Å². The lowest BCUT2D eigenvalue weighted by Gasteiger charge is -2.38. The van der Waals surface area contributed by atoms with E-state index in [9.17, 15) is 23.8 Å². The van der Waals surface area contributed by atoms with Crippen molar-refractivity contribution in [1.29, 1.82) is 0 Å². The molecule has 3 unspecified atom stereocenters. The number of ether oxygens (including phenoxy) is 1. The average Bonchev–Trinajstić information content (AvgIpc) is 3.46. The van der Waals surface area contributed by atoms with Crippen LogP contribution in [0.25, 0.3) is 22.4 Å². The summed E-state index contributed by atoms with van der Waals surface area (Å²) in [4.78, 5) is 23.6. The average molecular weight is 466 g/mol. The Morgan fingerprint density at radius 2 is 2.06 bits per heavy atom. The van der Waals surface area contributed by atoms with Gasteiger partial charge in [-0.1, -0.05) is 0 Å². The molecule has 0 saturated carbocycles. The van der Waals surface area contributed by atoms with Crippen molar-refractivity contribution >= 4 is 34.5 Å². The first-order valence-electron chi connectivity index (χ1n) is 10.1. The van der Waals surface area contributed by atoms with E-state index in [0.29, 0.717) is 24.3 Å². The quantitative estimate of drug-likeness (QED) is 0.586. The van der Waals surface area contributed by atoms with Gasteiger partial charge in [-0.15, -0.1) is 11.3 Å². The van der Waals surface area contributed by atoms with Crippen molar-refractivity contribution in [3.05, 3.63) is 23.0 Å². The van der Waals surface area contributed by atoms with E-state index in [1.807, 2.05) is 4.90 Å². The summed E-state index contributed by atoms with van der Waals surface area (Å²) in [5, 5.41) is 20.6. The number of carbonyl (C=O) groups is 1. The van der Waals surface area contributed by atoms with Crippen LogP contribution in [0.15, 0.2) is 27.4 Å². The molecule has 2 N–H and O–H groups in total. The first kappa shape index (κ1) is 20.9. The minimum Gasteiger partial charge on any atom is -0.465 e. The highest BCUT2D eigenvalue weighted by Gasteiger charge is 2.44. The number of alkyl halides is 2. The predicted octanol–water partition coefficient (Wildman–Crippen LogP) is 3.63. The number of oxazole rings is 1. The summed E-state index contributed by atoms with van der Waals surface area (Å²) >= 11 is 1.38. The van der Waals surface area contributed by atoms with Crippen molar-refractivity contribution in [1.82, 2.24) is 14.9 Å². The molecule has 170 valence electrons. The number of carboxylic acid groups (broad SMARTS) is 1. The van der Waals surface area contributed by atoms with Crippen molar-refractivity contribution in [2.45, 2.75) is 44.1 Å². The fraction of sp³-hybridized carbons (Fsp3) is 0.450. The van der Waals surface area contributed by atoms with Gasteiger partial charge in [0, 0.05) is 24.0 Å². The van der Waals surface area contributed by atoms with E-state index < -0.39 is 18.3 Å². The third-order valence-corrected chi connectivity index (χ3v) is 6.50.